The molecule has 0 aliphatic rings. The normalized spacial score (nSPS) is 11.1. The van der Waals surface area contributed by atoms with E-state index in [4.69, 9.17) is 5.73 Å². The number of phenols is 1. The molecular formula is C18H15N5O3S. The Labute approximate surface area is 156 Å². The van der Waals surface area contributed by atoms with Crippen LogP contribution in [-0.2, 0) is 13.0 Å². The summed E-state index contributed by atoms with van der Waals surface area (Å²) in [6.45, 7) is 0.397. The minimum absolute atomic E-state index is 0.0426. The number of hydrogen-bond donors (Lipinski definition) is 3. The summed E-state index contributed by atoms with van der Waals surface area (Å²) in [4.78, 5) is 36.7. The lowest BCUT2D eigenvalue weighted by molar-refractivity contribution is 0.0997. The van der Waals surface area contributed by atoms with E-state index in [1.807, 2.05) is 17.5 Å². The number of imidazole rings is 1. The fourth-order valence-electron chi connectivity index (χ4n) is 2.87. The highest BCUT2D eigenvalue weighted by atomic mass is 32.1. The predicted molar refractivity (Wildman–Crippen MR) is 102 cm³/mol. The van der Waals surface area contributed by atoms with E-state index in [1.165, 1.54) is 16.7 Å². The van der Waals surface area contributed by atoms with Crippen LogP contribution in [0.25, 0.3) is 22.6 Å². The first kappa shape index (κ1) is 17.0. The summed E-state index contributed by atoms with van der Waals surface area (Å²) in [5.41, 5.74) is 6.04. The van der Waals surface area contributed by atoms with Crippen LogP contribution in [0.1, 0.15) is 15.4 Å². The molecule has 136 valence electrons. The van der Waals surface area contributed by atoms with Crippen molar-refractivity contribution in [3.63, 3.8) is 0 Å². The summed E-state index contributed by atoms with van der Waals surface area (Å²) in [7, 11) is 0. The van der Waals surface area contributed by atoms with Gasteiger partial charge in [0.1, 0.15) is 11.3 Å². The fraction of sp³-hybridized carbons (Fsp3) is 0.111. The van der Waals surface area contributed by atoms with E-state index in [9.17, 15) is 14.7 Å². The molecule has 4 rings (SSSR count). The van der Waals surface area contributed by atoms with Crippen LogP contribution in [0.5, 0.6) is 5.75 Å². The number of aromatic nitrogens is 4. The molecule has 3 heterocycles. The van der Waals surface area contributed by atoms with Gasteiger partial charge in [-0.15, -0.1) is 11.3 Å². The summed E-state index contributed by atoms with van der Waals surface area (Å²) < 4.78 is 1.47. The van der Waals surface area contributed by atoms with Gasteiger partial charge in [-0.25, -0.2) is 14.8 Å². The Balaban J connectivity index is 1.87. The van der Waals surface area contributed by atoms with Gasteiger partial charge in [-0.05, 0) is 30.0 Å². The zero-order valence-electron chi connectivity index (χ0n) is 14.0. The van der Waals surface area contributed by atoms with E-state index in [-0.39, 0.29) is 28.5 Å². The van der Waals surface area contributed by atoms with Crippen molar-refractivity contribution in [3.8, 4) is 17.1 Å². The maximum atomic E-state index is 12.4. The number of H-pyrrole nitrogens is 1. The third kappa shape index (κ3) is 3.20. The highest BCUT2D eigenvalue weighted by Crippen LogP contribution is 2.23. The number of nitrogens with one attached hydrogen (secondary N) is 1. The number of aromatic amines is 1. The molecule has 27 heavy (non-hydrogen) atoms. The van der Waals surface area contributed by atoms with Gasteiger partial charge in [0.25, 0.3) is 5.91 Å². The number of amides is 1. The molecule has 0 bridgehead atoms. The van der Waals surface area contributed by atoms with Gasteiger partial charge in [-0.2, -0.15) is 0 Å². The number of fused-ring (bicyclic) bond motifs is 1. The Morgan fingerprint density at radius 3 is 2.81 bits per heavy atom. The van der Waals surface area contributed by atoms with Crippen LogP contribution in [0, 0.1) is 0 Å². The first-order valence-corrected chi connectivity index (χ1v) is 9.03. The fourth-order valence-corrected chi connectivity index (χ4v) is 3.56. The van der Waals surface area contributed by atoms with Gasteiger partial charge < -0.3 is 15.8 Å². The minimum atomic E-state index is -0.768. The van der Waals surface area contributed by atoms with Crippen molar-refractivity contribution < 1.29 is 9.90 Å². The molecule has 0 atom stereocenters. The maximum absolute atomic E-state index is 12.4. The molecule has 4 aromatic rings. The molecule has 0 fully saturated rings. The molecule has 8 nitrogen and oxygen atoms in total. The van der Waals surface area contributed by atoms with Crippen LogP contribution in [0.15, 0.2) is 46.6 Å². The van der Waals surface area contributed by atoms with Gasteiger partial charge >= 0.3 is 5.69 Å². The summed E-state index contributed by atoms with van der Waals surface area (Å²) in [5, 5.41) is 11.7. The van der Waals surface area contributed by atoms with Crippen LogP contribution >= 0.6 is 11.3 Å². The number of hydrogen-bond acceptors (Lipinski definition) is 6. The summed E-state index contributed by atoms with van der Waals surface area (Å²) >= 11 is 1.61. The van der Waals surface area contributed by atoms with Crippen molar-refractivity contribution >= 4 is 28.4 Å². The summed E-state index contributed by atoms with van der Waals surface area (Å²) in [6.07, 6.45) is 0.655. The number of benzene rings is 1. The molecule has 0 spiro atoms. The number of rotatable bonds is 5. The number of nitrogens with two attached hydrogens (primary N) is 1. The Hall–Kier alpha value is -3.46. The molecule has 0 aliphatic carbocycles. The molecule has 1 aromatic carbocycles. The van der Waals surface area contributed by atoms with Crippen LogP contribution in [-0.4, -0.2) is 30.5 Å². The van der Waals surface area contributed by atoms with E-state index < -0.39 is 5.91 Å². The minimum Gasteiger partial charge on any atom is -0.508 e. The molecule has 4 N–H and O–H groups in total. The zero-order chi connectivity index (χ0) is 19.0. The molecule has 1 amide bonds. The number of aromatic hydroxyl groups is 1. The third-order valence-corrected chi connectivity index (χ3v) is 5.06. The number of primary amides is 1. The van der Waals surface area contributed by atoms with Crippen LogP contribution in [0.2, 0.25) is 0 Å². The van der Waals surface area contributed by atoms with Gasteiger partial charge in [0.15, 0.2) is 17.2 Å². The quantitative estimate of drug-likeness (QED) is 0.486. The number of aryl methyl sites for hydroxylation is 2. The molecule has 0 saturated carbocycles. The van der Waals surface area contributed by atoms with Gasteiger partial charge in [0.05, 0.1) is 0 Å². The number of carbonyl (C=O) groups is 1. The van der Waals surface area contributed by atoms with Crippen LogP contribution in [0.4, 0.5) is 0 Å². The second-order valence-corrected chi connectivity index (χ2v) is 6.95. The monoisotopic (exact) mass is 381 g/mol. The molecule has 0 unspecified atom stereocenters. The molecule has 3 aromatic heterocycles. The molecule has 0 aliphatic heterocycles. The topological polar surface area (TPSA) is 127 Å². The van der Waals surface area contributed by atoms with E-state index in [0.717, 1.165) is 4.88 Å². The number of nitrogens with zero attached hydrogens (tertiary/aromatic N) is 3. The van der Waals surface area contributed by atoms with Crippen LogP contribution < -0.4 is 11.4 Å². The largest absolute Gasteiger partial charge is 0.508 e. The van der Waals surface area contributed by atoms with Gasteiger partial charge in [-0.1, -0.05) is 18.2 Å². The second kappa shape index (κ2) is 6.69. The number of phenolic OH excluding ortho intramolecular Hbond substituents is 1. The molecule has 9 heteroatoms. The summed E-state index contributed by atoms with van der Waals surface area (Å²) in [5.74, 6) is -0.521. The van der Waals surface area contributed by atoms with Gasteiger partial charge in [0.2, 0.25) is 0 Å². The SMILES string of the molecule is NC(=O)c1nc(-c2cccc(O)c2)nc2c1[nH]c(=O)n2CCc1cccs1. The van der Waals surface area contributed by atoms with E-state index in [0.29, 0.717) is 24.2 Å². The lowest BCUT2D eigenvalue weighted by Gasteiger charge is -2.06. The lowest BCUT2D eigenvalue weighted by atomic mass is 10.2. The first-order chi connectivity index (χ1) is 13.0. The second-order valence-electron chi connectivity index (χ2n) is 5.92. The predicted octanol–water partition coefficient (Wildman–Crippen LogP) is 1.90. The van der Waals surface area contributed by atoms with Crippen molar-refractivity contribution in [1.29, 1.82) is 0 Å². The highest BCUT2D eigenvalue weighted by Gasteiger charge is 2.19. The first-order valence-electron chi connectivity index (χ1n) is 8.15. The van der Waals surface area contributed by atoms with Gasteiger partial charge in [0, 0.05) is 17.0 Å². The zero-order valence-corrected chi connectivity index (χ0v) is 14.9. The molecule has 0 radical (unpaired) electrons. The maximum Gasteiger partial charge on any atom is 0.327 e. The third-order valence-electron chi connectivity index (χ3n) is 4.12. The number of thiophene rings is 1. The van der Waals surface area contributed by atoms with Crippen molar-refractivity contribution in [2.24, 2.45) is 5.73 Å². The highest BCUT2D eigenvalue weighted by molar-refractivity contribution is 7.09. The Morgan fingerprint density at radius 2 is 2.11 bits per heavy atom. The number of carbonyl (C=O) groups excluding carboxylic acids is 1. The van der Waals surface area contributed by atoms with E-state index in [2.05, 4.69) is 15.0 Å². The van der Waals surface area contributed by atoms with E-state index >= 15 is 0 Å². The van der Waals surface area contributed by atoms with E-state index in [1.54, 1.807) is 23.5 Å². The van der Waals surface area contributed by atoms with Crippen LogP contribution in [0.3, 0.4) is 0 Å². The summed E-state index contributed by atoms with van der Waals surface area (Å²) in [6, 6.07) is 10.3. The van der Waals surface area contributed by atoms with Crippen molar-refractivity contribution in [2.45, 2.75) is 13.0 Å². The van der Waals surface area contributed by atoms with Gasteiger partial charge in [-0.3, -0.25) is 9.36 Å². The smallest absolute Gasteiger partial charge is 0.327 e. The molecule has 0 saturated heterocycles. The average Bonchev–Trinajstić information content (AvgIpc) is 3.26. The Morgan fingerprint density at radius 1 is 1.26 bits per heavy atom. The Kier molecular flexibility index (Phi) is 4.21. The standard InChI is InChI=1S/C18H15N5O3S/c19-15(25)13-14-17(22-16(20-13)10-3-1-4-11(24)9-10)23(18(26)21-14)7-6-12-5-2-8-27-12/h1-5,8-9,24H,6-7H2,(H2,19,25)(H,21,26). The lowest BCUT2D eigenvalue weighted by Crippen LogP contribution is -2.18. The molecular weight excluding hydrogens is 366 g/mol. The Bertz CT molecular complexity index is 1190. The van der Waals surface area contributed by atoms with Crippen molar-refractivity contribution in [1.82, 2.24) is 19.5 Å². The van der Waals surface area contributed by atoms with Crippen molar-refractivity contribution in [3.05, 3.63) is 62.8 Å². The van der Waals surface area contributed by atoms with Crippen molar-refractivity contribution in [2.75, 3.05) is 0 Å². The average molecular weight is 381 g/mol.